The Kier molecular flexibility index (Phi) is 2.90. The minimum absolute atomic E-state index is 0.429. The highest BCUT2D eigenvalue weighted by molar-refractivity contribution is 6.51. The molecule has 0 saturated carbocycles. The van der Waals surface area contributed by atoms with Gasteiger partial charge in [-0.3, -0.25) is 0 Å². The second-order valence-corrected chi connectivity index (χ2v) is 5.45. The molecule has 0 amide bonds. The van der Waals surface area contributed by atoms with Gasteiger partial charge >= 0.3 is 0 Å². The van der Waals surface area contributed by atoms with Crippen molar-refractivity contribution in [3.05, 3.63) is 57.0 Å². The molecule has 3 aromatic carbocycles. The Labute approximate surface area is 120 Å². The van der Waals surface area contributed by atoms with Crippen molar-refractivity contribution in [3.63, 3.8) is 0 Å². The van der Waals surface area contributed by atoms with Crippen LogP contribution in [0.15, 0.2) is 36.4 Å². The van der Waals surface area contributed by atoms with Crippen molar-refractivity contribution in [2.75, 3.05) is 0 Å². The number of hydrogen-bond acceptors (Lipinski definition) is 0. The van der Waals surface area contributed by atoms with Gasteiger partial charge in [-0.15, -0.1) is 0 Å². The van der Waals surface area contributed by atoms with E-state index in [4.69, 9.17) is 34.8 Å². The zero-order valence-corrected chi connectivity index (χ0v) is 11.9. The Bertz CT molecular complexity index is 710. The summed E-state index contributed by atoms with van der Waals surface area (Å²) in [6.45, 7) is 1.96. The molecule has 0 unspecified atom stereocenters. The van der Waals surface area contributed by atoms with Crippen LogP contribution in [0.2, 0.25) is 15.1 Å². The normalized spacial score (nSPS) is 11.3. The summed E-state index contributed by atoms with van der Waals surface area (Å²) in [7, 11) is 0. The third kappa shape index (κ3) is 1.68. The van der Waals surface area contributed by atoms with Crippen molar-refractivity contribution >= 4 is 56.3 Å². The number of aryl methyl sites for hydroxylation is 1. The van der Waals surface area contributed by atoms with E-state index in [9.17, 15) is 0 Å². The van der Waals surface area contributed by atoms with Crippen LogP contribution in [0.1, 0.15) is 5.56 Å². The van der Waals surface area contributed by atoms with Crippen LogP contribution >= 0.6 is 34.8 Å². The summed E-state index contributed by atoms with van der Waals surface area (Å²) >= 11 is 18.6. The van der Waals surface area contributed by atoms with E-state index < -0.39 is 0 Å². The van der Waals surface area contributed by atoms with Crippen molar-refractivity contribution < 1.29 is 0 Å². The largest absolute Gasteiger partial charge is 0.0823 e. The molecular formula is C15H9Cl3. The van der Waals surface area contributed by atoms with Crippen molar-refractivity contribution in [3.8, 4) is 0 Å². The van der Waals surface area contributed by atoms with Crippen molar-refractivity contribution in [1.29, 1.82) is 0 Å². The van der Waals surface area contributed by atoms with E-state index in [2.05, 4.69) is 24.3 Å². The molecule has 0 aliphatic rings. The lowest BCUT2D eigenvalue weighted by Crippen LogP contribution is -1.85. The van der Waals surface area contributed by atoms with Gasteiger partial charge in [0.1, 0.15) is 0 Å². The summed E-state index contributed by atoms with van der Waals surface area (Å²) in [6.07, 6.45) is 0. The first-order chi connectivity index (χ1) is 8.59. The van der Waals surface area contributed by atoms with E-state index in [0.717, 1.165) is 21.7 Å². The van der Waals surface area contributed by atoms with Crippen LogP contribution in [-0.4, -0.2) is 0 Å². The molecule has 90 valence electrons. The van der Waals surface area contributed by atoms with Gasteiger partial charge in [-0.1, -0.05) is 59.1 Å². The molecule has 0 aliphatic carbocycles. The molecule has 3 heteroatoms. The molecule has 18 heavy (non-hydrogen) atoms. The van der Waals surface area contributed by atoms with Gasteiger partial charge in [0.2, 0.25) is 0 Å². The fourth-order valence-electron chi connectivity index (χ4n) is 2.23. The topological polar surface area (TPSA) is 0 Å². The molecule has 0 spiro atoms. The monoisotopic (exact) mass is 294 g/mol. The summed E-state index contributed by atoms with van der Waals surface area (Å²) in [5, 5.41) is 5.79. The second kappa shape index (κ2) is 4.31. The molecule has 0 atom stereocenters. The smallest absolute Gasteiger partial charge is 0.0787 e. The van der Waals surface area contributed by atoms with Gasteiger partial charge in [0.25, 0.3) is 0 Å². The van der Waals surface area contributed by atoms with E-state index in [1.54, 1.807) is 0 Å². The Morgan fingerprint density at radius 2 is 1.28 bits per heavy atom. The maximum absolute atomic E-state index is 6.29. The molecule has 0 N–H and O–H groups in total. The zero-order valence-electron chi connectivity index (χ0n) is 9.60. The Hall–Kier alpha value is -0.950. The van der Waals surface area contributed by atoms with Crippen molar-refractivity contribution in [2.24, 2.45) is 0 Å². The summed E-state index contributed by atoms with van der Waals surface area (Å²) in [4.78, 5) is 0. The minimum Gasteiger partial charge on any atom is -0.0823 e. The number of rotatable bonds is 0. The van der Waals surface area contributed by atoms with Crippen LogP contribution in [0.4, 0.5) is 0 Å². The summed E-state index contributed by atoms with van der Waals surface area (Å²) < 4.78 is 0. The Balaban J connectivity index is 2.58. The fraction of sp³-hybridized carbons (Fsp3) is 0.0667. The SMILES string of the molecule is Cc1c(Cl)c(Cl)c(Cl)c2cc3ccccc3cc12. The van der Waals surface area contributed by atoms with Gasteiger partial charge in [-0.2, -0.15) is 0 Å². The number of fused-ring (bicyclic) bond motifs is 2. The van der Waals surface area contributed by atoms with Crippen molar-refractivity contribution in [1.82, 2.24) is 0 Å². The van der Waals surface area contributed by atoms with Gasteiger partial charge < -0.3 is 0 Å². The molecule has 0 aliphatic heterocycles. The third-order valence-electron chi connectivity index (χ3n) is 3.24. The molecule has 0 saturated heterocycles. The first-order valence-corrected chi connectivity index (χ1v) is 6.68. The predicted molar refractivity (Wildman–Crippen MR) is 81.2 cm³/mol. The molecule has 0 fully saturated rings. The van der Waals surface area contributed by atoms with E-state index in [-0.39, 0.29) is 0 Å². The van der Waals surface area contributed by atoms with E-state index in [1.807, 2.05) is 19.1 Å². The first-order valence-electron chi connectivity index (χ1n) is 5.55. The number of benzene rings is 3. The third-order valence-corrected chi connectivity index (χ3v) is 4.68. The standard InChI is InChI=1S/C15H9Cl3/c1-8-11-6-9-4-2-3-5-10(9)7-12(11)14(17)15(18)13(8)16/h2-7H,1H3. The maximum atomic E-state index is 6.29. The van der Waals surface area contributed by atoms with Crippen molar-refractivity contribution in [2.45, 2.75) is 6.92 Å². The van der Waals surface area contributed by atoms with Crippen LogP contribution in [-0.2, 0) is 0 Å². The molecular weight excluding hydrogens is 287 g/mol. The van der Waals surface area contributed by atoms with Crippen LogP contribution in [0, 0.1) is 6.92 Å². The van der Waals surface area contributed by atoms with E-state index in [1.165, 1.54) is 5.39 Å². The maximum Gasteiger partial charge on any atom is 0.0787 e. The van der Waals surface area contributed by atoms with Crippen LogP contribution < -0.4 is 0 Å². The predicted octanol–water partition coefficient (Wildman–Crippen LogP) is 6.26. The number of halogens is 3. The highest BCUT2D eigenvalue weighted by Gasteiger charge is 2.13. The summed E-state index contributed by atoms with van der Waals surface area (Å²) in [5.41, 5.74) is 0.965. The van der Waals surface area contributed by atoms with Crippen LogP contribution in [0.25, 0.3) is 21.5 Å². The average molecular weight is 296 g/mol. The Morgan fingerprint density at radius 1 is 0.722 bits per heavy atom. The van der Waals surface area contributed by atoms with Gasteiger partial charge in [0.05, 0.1) is 15.1 Å². The summed E-state index contributed by atoms with van der Waals surface area (Å²) in [6, 6.07) is 12.3. The molecule has 3 aromatic rings. The molecule has 0 bridgehead atoms. The lowest BCUT2D eigenvalue weighted by molar-refractivity contribution is 1.53. The Morgan fingerprint density at radius 3 is 1.89 bits per heavy atom. The zero-order chi connectivity index (χ0) is 12.9. The van der Waals surface area contributed by atoms with Gasteiger partial charge in [-0.05, 0) is 40.8 Å². The number of hydrogen-bond donors (Lipinski definition) is 0. The quantitative estimate of drug-likeness (QED) is 0.339. The lowest BCUT2D eigenvalue weighted by atomic mass is 10.0. The van der Waals surface area contributed by atoms with E-state index >= 15 is 0 Å². The summed E-state index contributed by atoms with van der Waals surface area (Å²) in [5.74, 6) is 0. The van der Waals surface area contributed by atoms with Gasteiger partial charge in [0.15, 0.2) is 0 Å². The highest BCUT2D eigenvalue weighted by Crippen LogP contribution is 2.41. The molecule has 0 heterocycles. The lowest BCUT2D eigenvalue weighted by Gasteiger charge is -2.11. The minimum atomic E-state index is 0.429. The highest BCUT2D eigenvalue weighted by atomic mass is 35.5. The van der Waals surface area contributed by atoms with E-state index in [0.29, 0.717) is 15.1 Å². The van der Waals surface area contributed by atoms with Crippen LogP contribution in [0.3, 0.4) is 0 Å². The second-order valence-electron chi connectivity index (χ2n) is 4.31. The van der Waals surface area contributed by atoms with Gasteiger partial charge in [0, 0.05) is 5.39 Å². The average Bonchev–Trinajstić information content (AvgIpc) is 2.41. The molecule has 0 radical (unpaired) electrons. The van der Waals surface area contributed by atoms with Gasteiger partial charge in [-0.25, -0.2) is 0 Å². The molecule has 3 rings (SSSR count). The first kappa shape index (κ1) is 12.1. The van der Waals surface area contributed by atoms with Crippen LogP contribution in [0.5, 0.6) is 0 Å². The fourth-order valence-corrected chi connectivity index (χ4v) is 2.97. The molecule has 0 nitrogen and oxygen atoms in total. The molecule has 0 aromatic heterocycles.